The molecule has 0 spiro atoms. The molecule has 2 rings (SSSR count). The van der Waals surface area contributed by atoms with E-state index in [1.165, 1.54) is 0 Å². The molecule has 2 saturated heterocycles. The van der Waals surface area contributed by atoms with Crippen LogP contribution < -0.4 is 0 Å². The van der Waals surface area contributed by atoms with E-state index < -0.39 is 30.0 Å². The summed E-state index contributed by atoms with van der Waals surface area (Å²) in [4.78, 5) is 0. The molecule has 4 nitrogen and oxygen atoms in total. The highest BCUT2D eigenvalue weighted by Crippen LogP contribution is 2.35. The van der Waals surface area contributed by atoms with E-state index in [4.69, 9.17) is 18.9 Å². The Kier molecular flexibility index (Phi) is 3.23. The zero-order valence-electron chi connectivity index (χ0n) is 11.0. The molecule has 0 N–H and O–H groups in total. The molecule has 0 aromatic heterocycles. The monoisotopic (exact) mass is 248 g/mol. The van der Waals surface area contributed by atoms with Crippen LogP contribution in [0, 0.1) is 0 Å². The lowest BCUT2D eigenvalue weighted by atomic mass is 10.1. The van der Waals surface area contributed by atoms with E-state index in [1.807, 2.05) is 6.92 Å². The van der Waals surface area contributed by atoms with E-state index in [0.29, 0.717) is 0 Å². The summed E-state index contributed by atoms with van der Waals surface area (Å²) in [5.74, 6) is -1.45. The molecule has 0 aromatic rings. The molecule has 0 aliphatic carbocycles. The third-order valence-electron chi connectivity index (χ3n) is 3.05. The van der Waals surface area contributed by atoms with E-state index in [2.05, 4.69) is 0 Å². The number of hydrogen-bond acceptors (Lipinski definition) is 4. The summed E-state index contributed by atoms with van der Waals surface area (Å²) >= 11 is 0. The summed E-state index contributed by atoms with van der Waals surface area (Å²) in [7, 11) is 0. The van der Waals surface area contributed by atoms with Crippen molar-refractivity contribution in [2.75, 3.05) is 6.61 Å². The highest BCUT2D eigenvalue weighted by atomic mass is 19.1. The Bertz CT molecular complexity index is 292. The van der Waals surface area contributed by atoms with Gasteiger partial charge in [-0.1, -0.05) is 0 Å². The third kappa shape index (κ3) is 2.78. The molecule has 2 aliphatic rings. The molecule has 0 saturated carbocycles. The van der Waals surface area contributed by atoms with Crippen LogP contribution in [0.25, 0.3) is 0 Å². The van der Waals surface area contributed by atoms with Gasteiger partial charge < -0.3 is 18.9 Å². The first-order chi connectivity index (χ1) is 7.70. The zero-order chi connectivity index (χ0) is 12.8. The van der Waals surface area contributed by atoms with Gasteiger partial charge in [-0.15, -0.1) is 0 Å². The van der Waals surface area contributed by atoms with Crippen molar-refractivity contribution in [2.45, 2.75) is 70.7 Å². The van der Waals surface area contributed by atoms with Crippen molar-refractivity contribution >= 4 is 0 Å². The first kappa shape index (κ1) is 13.2. The smallest absolute Gasteiger partial charge is 0.163 e. The fourth-order valence-electron chi connectivity index (χ4n) is 2.37. The van der Waals surface area contributed by atoms with Gasteiger partial charge in [-0.3, -0.25) is 0 Å². The van der Waals surface area contributed by atoms with E-state index in [9.17, 15) is 4.39 Å². The maximum Gasteiger partial charge on any atom is 0.163 e. The van der Waals surface area contributed by atoms with Crippen LogP contribution in [0.1, 0.15) is 34.6 Å². The lowest BCUT2D eigenvalue weighted by molar-refractivity contribution is -0.168. The molecular weight excluding hydrogens is 227 g/mol. The Hall–Kier alpha value is -0.230. The van der Waals surface area contributed by atoms with Gasteiger partial charge in [-0.25, -0.2) is 4.39 Å². The lowest BCUT2D eigenvalue weighted by Gasteiger charge is -2.24. The van der Waals surface area contributed by atoms with E-state index in [-0.39, 0.29) is 12.7 Å². The Labute approximate surface area is 101 Å². The summed E-state index contributed by atoms with van der Waals surface area (Å²) in [6.07, 6.45) is -2.72. The van der Waals surface area contributed by atoms with Gasteiger partial charge in [0, 0.05) is 0 Å². The van der Waals surface area contributed by atoms with Gasteiger partial charge in [0.15, 0.2) is 17.7 Å². The largest absolute Gasteiger partial charge is 0.348 e. The number of hydrogen-bond donors (Lipinski definition) is 0. The van der Waals surface area contributed by atoms with Gasteiger partial charge in [0.05, 0.1) is 12.7 Å². The second-order valence-electron chi connectivity index (χ2n) is 5.62. The van der Waals surface area contributed by atoms with Crippen molar-refractivity contribution in [3.63, 3.8) is 0 Å². The van der Waals surface area contributed by atoms with Gasteiger partial charge in [-0.2, -0.15) is 0 Å². The van der Waals surface area contributed by atoms with Crippen molar-refractivity contribution in [2.24, 2.45) is 0 Å². The predicted octanol–water partition coefficient (Wildman–Crippen LogP) is 2.02. The van der Waals surface area contributed by atoms with E-state index in [0.717, 1.165) is 0 Å². The molecule has 0 aromatic carbocycles. The summed E-state index contributed by atoms with van der Waals surface area (Å²) < 4.78 is 36.3. The second kappa shape index (κ2) is 4.16. The molecule has 2 unspecified atom stereocenters. The molecule has 0 amide bonds. The van der Waals surface area contributed by atoms with Crippen molar-refractivity contribution in [1.82, 2.24) is 0 Å². The Morgan fingerprint density at radius 3 is 2.12 bits per heavy atom. The van der Waals surface area contributed by atoms with Crippen molar-refractivity contribution in [3.05, 3.63) is 0 Å². The average molecular weight is 248 g/mol. The second-order valence-corrected chi connectivity index (χ2v) is 5.62. The standard InChI is InChI=1S/C12H21FO4/c1-7-10(17-12(4,5)15-7)9(13)8-6-14-11(2,3)16-8/h7-10H,6H2,1-5H3/t7?,8?,9-,10+/m1/s1. The van der Waals surface area contributed by atoms with E-state index >= 15 is 0 Å². The quantitative estimate of drug-likeness (QED) is 0.749. The number of halogens is 1. The topological polar surface area (TPSA) is 36.9 Å². The summed E-state index contributed by atoms with van der Waals surface area (Å²) in [5, 5.41) is 0. The summed E-state index contributed by atoms with van der Waals surface area (Å²) in [5.41, 5.74) is 0. The molecule has 5 heteroatoms. The minimum Gasteiger partial charge on any atom is -0.348 e. The van der Waals surface area contributed by atoms with Crippen LogP contribution in [-0.4, -0.2) is 42.7 Å². The van der Waals surface area contributed by atoms with Gasteiger partial charge >= 0.3 is 0 Å². The molecule has 0 bridgehead atoms. The van der Waals surface area contributed by atoms with Crippen LogP contribution >= 0.6 is 0 Å². The molecule has 4 atom stereocenters. The van der Waals surface area contributed by atoms with Gasteiger partial charge in [0.2, 0.25) is 0 Å². The van der Waals surface area contributed by atoms with E-state index in [1.54, 1.807) is 27.7 Å². The van der Waals surface area contributed by atoms with Crippen LogP contribution in [0.15, 0.2) is 0 Å². The lowest BCUT2D eigenvalue weighted by Crippen LogP contribution is -2.41. The van der Waals surface area contributed by atoms with Gasteiger partial charge in [-0.05, 0) is 34.6 Å². The summed E-state index contributed by atoms with van der Waals surface area (Å²) in [6, 6.07) is 0. The first-order valence-corrected chi connectivity index (χ1v) is 6.02. The van der Waals surface area contributed by atoms with Crippen LogP contribution in [0.3, 0.4) is 0 Å². The van der Waals surface area contributed by atoms with Gasteiger partial charge in [0.1, 0.15) is 12.2 Å². The minimum absolute atomic E-state index is 0.251. The molecule has 17 heavy (non-hydrogen) atoms. The molecular formula is C12H21FO4. The van der Waals surface area contributed by atoms with Crippen LogP contribution in [0.5, 0.6) is 0 Å². The van der Waals surface area contributed by atoms with Crippen LogP contribution in [-0.2, 0) is 18.9 Å². The molecule has 100 valence electrons. The number of rotatable bonds is 2. The SMILES string of the molecule is CC1OC(C)(C)O[C@@H]1[C@H](F)C1COC(C)(C)O1. The van der Waals surface area contributed by atoms with Crippen molar-refractivity contribution < 1.29 is 23.3 Å². The minimum atomic E-state index is -1.24. The van der Waals surface area contributed by atoms with Crippen molar-refractivity contribution in [1.29, 1.82) is 0 Å². The Morgan fingerprint density at radius 2 is 1.71 bits per heavy atom. The normalized spacial score (nSPS) is 41.6. The van der Waals surface area contributed by atoms with Crippen LogP contribution in [0.4, 0.5) is 4.39 Å². The highest BCUT2D eigenvalue weighted by Gasteiger charge is 2.49. The number of ether oxygens (including phenoxy) is 4. The first-order valence-electron chi connectivity index (χ1n) is 6.02. The molecule has 2 fully saturated rings. The third-order valence-corrected chi connectivity index (χ3v) is 3.05. The van der Waals surface area contributed by atoms with Crippen LogP contribution in [0.2, 0.25) is 0 Å². The zero-order valence-corrected chi connectivity index (χ0v) is 11.0. The Morgan fingerprint density at radius 1 is 1.06 bits per heavy atom. The van der Waals surface area contributed by atoms with Crippen molar-refractivity contribution in [3.8, 4) is 0 Å². The fraction of sp³-hybridized carbons (Fsp3) is 1.00. The Balaban J connectivity index is 1.99. The summed E-state index contributed by atoms with van der Waals surface area (Å²) in [6.45, 7) is 9.19. The maximum atomic E-state index is 14.3. The molecule has 2 heterocycles. The highest BCUT2D eigenvalue weighted by molar-refractivity contribution is 4.90. The van der Waals surface area contributed by atoms with Gasteiger partial charge in [0.25, 0.3) is 0 Å². The maximum absolute atomic E-state index is 14.3. The average Bonchev–Trinajstić information content (AvgIpc) is 2.65. The molecule has 2 aliphatic heterocycles. The predicted molar refractivity (Wildman–Crippen MR) is 59.3 cm³/mol. The fourth-order valence-corrected chi connectivity index (χ4v) is 2.37. The number of alkyl halides is 1. The molecule has 0 radical (unpaired) electrons.